The lowest BCUT2D eigenvalue weighted by Crippen LogP contribution is -2.55. The summed E-state index contributed by atoms with van der Waals surface area (Å²) >= 11 is 0. The van der Waals surface area contributed by atoms with Crippen molar-refractivity contribution in [1.29, 1.82) is 0 Å². The molecule has 0 aliphatic rings. The monoisotopic (exact) mass is 306 g/mol. The van der Waals surface area contributed by atoms with Crippen molar-refractivity contribution in [3.05, 3.63) is 59.5 Å². The molecule has 1 aromatic carbocycles. The zero-order chi connectivity index (χ0) is 15.9. The van der Waals surface area contributed by atoms with Crippen LogP contribution in [0.3, 0.4) is 0 Å². The quantitative estimate of drug-likeness (QED) is 0.869. The minimum absolute atomic E-state index is 0.102. The van der Waals surface area contributed by atoms with Crippen LogP contribution in [-0.2, 0) is 5.60 Å². The summed E-state index contributed by atoms with van der Waals surface area (Å²) in [5.41, 5.74) is -4.66. The number of alkyl halides is 5. The molecule has 114 valence electrons. The van der Waals surface area contributed by atoms with E-state index < -0.39 is 28.8 Å². The molecule has 0 aliphatic heterocycles. The molecular weight excluding hydrogens is 295 g/mol. The average Bonchev–Trinajstić information content (AvgIpc) is 2.91. The molecule has 1 atom stereocenters. The van der Waals surface area contributed by atoms with Gasteiger partial charge in [0.25, 0.3) is 0 Å². The summed E-state index contributed by atoms with van der Waals surface area (Å²) in [4.78, 5) is 0. The molecule has 0 aliphatic carbocycles. The van der Waals surface area contributed by atoms with E-state index in [0.29, 0.717) is 6.26 Å². The van der Waals surface area contributed by atoms with Crippen molar-refractivity contribution < 1.29 is 31.5 Å². The van der Waals surface area contributed by atoms with Crippen molar-refractivity contribution in [3.8, 4) is 0 Å². The molecule has 7 heteroatoms. The summed E-state index contributed by atoms with van der Waals surface area (Å²) in [7, 11) is 0. The minimum Gasteiger partial charge on any atom is -0.472 e. The van der Waals surface area contributed by atoms with Crippen molar-refractivity contribution in [1.82, 2.24) is 0 Å². The van der Waals surface area contributed by atoms with Crippen LogP contribution in [0.15, 0.2) is 47.3 Å². The summed E-state index contributed by atoms with van der Waals surface area (Å²) in [6.07, 6.45) is -4.33. The molecule has 0 amide bonds. The smallest absolute Gasteiger partial charge is 0.457 e. The first-order valence-electron chi connectivity index (χ1n) is 5.88. The van der Waals surface area contributed by atoms with Crippen molar-refractivity contribution in [2.75, 3.05) is 0 Å². The van der Waals surface area contributed by atoms with Crippen LogP contribution in [0.2, 0.25) is 0 Å². The molecule has 1 N–H and O–H groups in total. The van der Waals surface area contributed by atoms with Gasteiger partial charge >= 0.3 is 12.1 Å². The molecule has 2 rings (SSSR count). The van der Waals surface area contributed by atoms with Gasteiger partial charge in [-0.05, 0) is 24.1 Å². The fraction of sp³-hybridized carbons (Fsp3) is 0.286. The van der Waals surface area contributed by atoms with Gasteiger partial charge in [-0.3, -0.25) is 0 Å². The number of halogens is 5. The first kappa shape index (κ1) is 15.5. The highest BCUT2D eigenvalue weighted by Gasteiger charge is 2.71. The molecule has 1 heterocycles. The second kappa shape index (κ2) is 4.84. The van der Waals surface area contributed by atoms with Crippen molar-refractivity contribution in [3.63, 3.8) is 0 Å². The molecule has 1 aromatic heterocycles. The Bertz CT molecular complexity index is 619. The molecule has 0 saturated carbocycles. The minimum atomic E-state index is -5.93. The van der Waals surface area contributed by atoms with Crippen LogP contribution in [0.25, 0.3) is 0 Å². The van der Waals surface area contributed by atoms with Gasteiger partial charge in [0.2, 0.25) is 0 Å². The van der Waals surface area contributed by atoms with E-state index in [-0.39, 0.29) is 5.56 Å². The fourth-order valence-corrected chi connectivity index (χ4v) is 2.16. The van der Waals surface area contributed by atoms with Gasteiger partial charge < -0.3 is 9.52 Å². The maximum Gasteiger partial charge on any atom is 0.457 e. The second-order valence-corrected chi connectivity index (χ2v) is 4.61. The van der Waals surface area contributed by atoms with Crippen LogP contribution in [-0.4, -0.2) is 17.2 Å². The number of benzene rings is 1. The lowest BCUT2D eigenvalue weighted by atomic mass is 9.80. The third kappa shape index (κ3) is 2.21. The van der Waals surface area contributed by atoms with Crippen LogP contribution in [0.4, 0.5) is 22.0 Å². The Balaban J connectivity index is 2.77. The van der Waals surface area contributed by atoms with Gasteiger partial charge in [-0.2, -0.15) is 22.0 Å². The molecule has 0 saturated heterocycles. The van der Waals surface area contributed by atoms with Crippen molar-refractivity contribution in [2.24, 2.45) is 0 Å². The number of rotatable bonds is 3. The molecular formula is C14H11F5O2. The topological polar surface area (TPSA) is 33.4 Å². The summed E-state index contributed by atoms with van der Waals surface area (Å²) in [5.74, 6) is -5.39. The zero-order valence-corrected chi connectivity index (χ0v) is 10.8. The van der Waals surface area contributed by atoms with Crippen LogP contribution in [0.5, 0.6) is 0 Å². The number of furan rings is 1. The normalized spacial score (nSPS) is 15.8. The van der Waals surface area contributed by atoms with E-state index in [2.05, 4.69) is 4.42 Å². The van der Waals surface area contributed by atoms with E-state index in [9.17, 15) is 27.1 Å². The first-order chi connectivity index (χ1) is 9.62. The first-order valence-corrected chi connectivity index (χ1v) is 5.88. The highest BCUT2D eigenvalue weighted by molar-refractivity contribution is 5.42. The largest absolute Gasteiger partial charge is 0.472 e. The van der Waals surface area contributed by atoms with Gasteiger partial charge in [0.05, 0.1) is 12.5 Å². The molecule has 2 aromatic rings. The summed E-state index contributed by atoms with van der Waals surface area (Å²) < 4.78 is 70.9. The number of hydrogen-bond acceptors (Lipinski definition) is 2. The van der Waals surface area contributed by atoms with Gasteiger partial charge in [-0.15, -0.1) is 0 Å². The maximum atomic E-state index is 14.0. The molecule has 0 fully saturated rings. The van der Waals surface area contributed by atoms with Crippen LogP contribution in [0.1, 0.15) is 16.7 Å². The predicted octanol–water partition coefficient (Wildman–Crippen LogP) is 4.02. The van der Waals surface area contributed by atoms with E-state index in [1.165, 1.54) is 25.1 Å². The second-order valence-electron chi connectivity index (χ2n) is 4.61. The number of aryl methyl sites for hydroxylation is 1. The third-order valence-electron chi connectivity index (χ3n) is 3.28. The summed E-state index contributed by atoms with van der Waals surface area (Å²) in [5, 5.41) is 10.4. The maximum absolute atomic E-state index is 14.0. The van der Waals surface area contributed by atoms with E-state index in [1.807, 2.05) is 0 Å². The fourth-order valence-electron chi connectivity index (χ4n) is 2.16. The lowest BCUT2D eigenvalue weighted by Gasteiger charge is -2.37. The highest BCUT2D eigenvalue weighted by atomic mass is 19.4. The average molecular weight is 306 g/mol. The predicted molar refractivity (Wildman–Crippen MR) is 63.9 cm³/mol. The van der Waals surface area contributed by atoms with Gasteiger partial charge in [0, 0.05) is 5.56 Å². The van der Waals surface area contributed by atoms with Gasteiger partial charge in [0.15, 0.2) is 5.60 Å². The Morgan fingerprint density at radius 2 is 1.62 bits per heavy atom. The number of aliphatic hydroxyl groups is 1. The van der Waals surface area contributed by atoms with E-state index in [4.69, 9.17) is 0 Å². The Morgan fingerprint density at radius 3 is 2.10 bits per heavy atom. The molecule has 0 spiro atoms. The highest BCUT2D eigenvalue weighted by Crippen LogP contribution is 2.52. The summed E-state index contributed by atoms with van der Waals surface area (Å²) in [6, 6.07) is 6.00. The lowest BCUT2D eigenvalue weighted by molar-refractivity contribution is -0.336. The molecule has 21 heavy (non-hydrogen) atoms. The Kier molecular flexibility index (Phi) is 3.57. The van der Waals surface area contributed by atoms with E-state index in [1.54, 1.807) is 0 Å². The van der Waals surface area contributed by atoms with Gasteiger partial charge in [-0.1, -0.05) is 24.3 Å². The van der Waals surface area contributed by atoms with Crippen LogP contribution >= 0.6 is 0 Å². The van der Waals surface area contributed by atoms with E-state index >= 15 is 0 Å². The standard InChI is InChI=1S/C14H11F5O2/c1-9-4-2-3-5-11(9)12(20,10-6-7-21-8-10)13(15,16)14(17,18)19/h2-8,20H,1H3. The molecule has 0 bridgehead atoms. The molecule has 1 unspecified atom stereocenters. The van der Waals surface area contributed by atoms with E-state index in [0.717, 1.165) is 18.4 Å². The van der Waals surface area contributed by atoms with Gasteiger partial charge in [0.1, 0.15) is 0 Å². The van der Waals surface area contributed by atoms with Crippen LogP contribution < -0.4 is 0 Å². The molecule has 0 radical (unpaired) electrons. The Hall–Kier alpha value is -1.89. The summed E-state index contributed by atoms with van der Waals surface area (Å²) in [6.45, 7) is 1.34. The Morgan fingerprint density at radius 1 is 1.00 bits per heavy atom. The number of hydrogen-bond donors (Lipinski definition) is 1. The van der Waals surface area contributed by atoms with Crippen LogP contribution in [0, 0.1) is 6.92 Å². The molecule has 2 nitrogen and oxygen atoms in total. The van der Waals surface area contributed by atoms with Crippen molar-refractivity contribution >= 4 is 0 Å². The zero-order valence-electron chi connectivity index (χ0n) is 10.8. The van der Waals surface area contributed by atoms with Gasteiger partial charge in [-0.25, -0.2) is 0 Å². The SMILES string of the molecule is Cc1ccccc1C(O)(c1ccoc1)C(F)(F)C(F)(F)F. The van der Waals surface area contributed by atoms with Crippen molar-refractivity contribution in [2.45, 2.75) is 24.6 Å². The third-order valence-corrected chi connectivity index (χ3v) is 3.28. The Labute approximate surface area is 116 Å².